The monoisotopic (exact) mass is 399 g/mol. The van der Waals surface area contributed by atoms with Crippen LogP contribution in [0.25, 0.3) is 17.1 Å². The lowest BCUT2D eigenvalue weighted by molar-refractivity contribution is -0.384. The van der Waals surface area contributed by atoms with E-state index in [1.54, 1.807) is 10.7 Å². The van der Waals surface area contributed by atoms with Gasteiger partial charge >= 0.3 is 0 Å². The summed E-state index contributed by atoms with van der Waals surface area (Å²) in [5, 5.41) is 18.0. The number of carbonyl (C=O) groups excluding carboxylic acids is 1. The first-order valence-corrected chi connectivity index (χ1v) is 9.16. The van der Waals surface area contributed by atoms with Crippen molar-refractivity contribution in [1.29, 1.82) is 0 Å². The van der Waals surface area contributed by atoms with E-state index in [9.17, 15) is 14.9 Å². The van der Waals surface area contributed by atoms with Gasteiger partial charge in [-0.25, -0.2) is 9.67 Å². The van der Waals surface area contributed by atoms with Crippen LogP contribution in [0.5, 0.6) is 0 Å². The first-order valence-electron chi connectivity index (χ1n) is 9.16. The highest BCUT2D eigenvalue weighted by atomic mass is 16.6. The minimum Gasteiger partial charge on any atom is -0.319 e. The number of carbonyl (C=O) groups is 1. The molecule has 4 rings (SSSR count). The topological polar surface area (TPSA) is 103 Å². The van der Waals surface area contributed by atoms with Gasteiger partial charge < -0.3 is 5.32 Å². The van der Waals surface area contributed by atoms with Crippen LogP contribution in [0.15, 0.2) is 78.9 Å². The highest BCUT2D eigenvalue weighted by molar-refractivity contribution is 6.02. The average Bonchev–Trinajstić information content (AvgIpc) is 3.21. The van der Waals surface area contributed by atoms with E-state index in [4.69, 9.17) is 0 Å². The Morgan fingerprint density at radius 1 is 1.00 bits per heavy atom. The van der Waals surface area contributed by atoms with Crippen LogP contribution in [-0.4, -0.2) is 25.6 Å². The number of aromatic nitrogens is 3. The van der Waals surface area contributed by atoms with E-state index >= 15 is 0 Å². The lowest BCUT2D eigenvalue weighted by atomic mass is 10.2. The predicted octanol–water partition coefficient (Wildman–Crippen LogP) is 4.40. The third kappa shape index (κ3) is 3.93. The molecular formula is C22H17N5O3. The van der Waals surface area contributed by atoms with E-state index in [0.717, 1.165) is 16.8 Å². The first kappa shape index (κ1) is 19.0. The molecular weight excluding hydrogens is 382 g/mol. The number of rotatable bonds is 5. The summed E-state index contributed by atoms with van der Waals surface area (Å²) in [6.07, 6.45) is 0. The molecule has 0 unspecified atom stereocenters. The summed E-state index contributed by atoms with van der Waals surface area (Å²) in [5.74, 6) is -0.0804. The van der Waals surface area contributed by atoms with Crippen molar-refractivity contribution in [1.82, 2.24) is 14.8 Å². The van der Waals surface area contributed by atoms with E-state index in [-0.39, 0.29) is 11.5 Å². The number of hydrogen-bond acceptors (Lipinski definition) is 5. The molecule has 1 aromatic heterocycles. The van der Waals surface area contributed by atoms with E-state index in [0.29, 0.717) is 11.5 Å². The molecule has 8 heteroatoms. The molecule has 0 atom stereocenters. The molecule has 0 fully saturated rings. The van der Waals surface area contributed by atoms with Crippen molar-refractivity contribution in [3.8, 4) is 17.1 Å². The molecule has 4 aromatic rings. The van der Waals surface area contributed by atoms with Crippen LogP contribution >= 0.6 is 0 Å². The van der Waals surface area contributed by atoms with Crippen LogP contribution in [0, 0.1) is 17.0 Å². The van der Waals surface area contributed by atoms with E-state index in [1.165, 1.54) is 18.2 Å². The largest absolute Gasteiger partial charge is 0.319 e. The smallest absolute Gasteiger partial charge is 0.295 e. The molecule has 0 saturated carbocycles. The Balaban J connectivity index is 1.72. The van der Waals surface area contributed by atoms with Gasteiger partial charge in [0.15, 0.2) is 5.82 Å². The fourth-order valence-electron chi connectivity index (χ4n) is 2.93. The van der Waals surface area contributed by atoms with Crippen molar-refractivity contribution in [2.75, 3.05) is 5.32 Å². The minimum absolute atomic E-state index is 0.0408. The van der Waals surface area contributed by atoms with Crippen molar-refractivity contribution in [2.24, 2.45) is 0 Å². The van der Waals surface area contributed by atoms with Crippen LogP contribution in [0.3, 0.4) is 0 Å². The maximum Gasteiger partial charge on any atom is 0.295 e. The first-order chi connectivity index (χ1) is 14.5. The maximum absolute atomic E-state index is 12.8. The van der Waals surface area contributed by atoms with Gasteiger partial charge in [0.25, 0.3) is 11.6 Å². The Bertz CT molecular complexity index is 1220. The third-order valence-corrected chi connectivity index (χ3v) is 4.44. The number of nitrogens with one attached hydrogen (secondary N) is 1. The molecule has 1 amide bonds. The highest BCUT2D eigenvalue weighted by Crippen LogP contribution is 2.22. The summed E-state index contributed by atoms with van der Waals surface area (Å²) in [7, 11) is 0. The van der Waals surface area contributed by atoms with Gasteiger partial charge in [0, 0.05) is 23.4 Å². The third-order valence-electron chi connectivity index (χ3n) is 4.44. The normalized spacial score (nSPS) is 10.6. The van der Waals surface area contributed by atoms with E-state index in [2.05, 4.69) is 15.4 Å². The number of nitro groups is 1. The molecule has 0 radical (unpaired) electrons. The van der Waals surface area contributed by atoms with Gasteiger partial charge in [0.05, 0.1) is 10.6 Å². The zero-order valence-corrected chi connectivity index (χ0v) is 16.0. The fraction of sp³-hybridized carbons (Fsp3) is 0.0455. The molecule has 0 spiro atoms. The number of non-ortho nitro benzene ring substituents is 1. The summed E-state index contributed by atoms with van der Waals surface area (Å²) >= 11 is 0. The van der Waals surface area contributed by atoms with Crippen LogP contribution < -0.4 is 5.32 Å². The zero-order chi connectivity index (χ0) is 21.1. The molecule has 0 bridgehead atoms. The molecule has 8 nitrogen and oxygen atoms in total. The van der Waals surface area contributed by atoms with Crippen molar-refractivity contribution in [3.63, 3.8) is 0 Å². The van der Waals surface area contributed by atoms with Gasteiger partial charge in [-0.15, -0.1) is 5.10 Å². The van der Waals surface area contributed by atoms with Crippen molar-refractivity contribution in [3.05, 3.63) is 100 Å². The van der Waals surface area contributed by atoms with Gasteiger partial charge in [-0.3, -0.25) is 14.9 Å². The quantitative estimate of drug-likeness (QED) is 0.396. The average molecular weight is 399 g/mol. The van der Waals surface area contributed by atoms with Gasteiger partial charge in [0.2, 0.25) is 5.82 Å². The molecule has 0 saturated heterocycles. The number of anilines is 1. The number of nitro benzene ring substituents is 1. The lowest BCUT2D eigenvalue weighted by Crippen LogP contribution is -2.14. The fourth-order valence-corrected chi connectivity index (χ4v) is 2.93. The van der Waals surface area contributed by atoms with Gasteiger partial charge in [-0.05, 0) is 25.1 Å². The molecule has 3 aromatic carbocycles. The van der Waals surface area contributed by atoms with Crippen molar-refractivity contribution in [2.45, 2.75) is 6.92 Å². The summed E-state index contributed by atoms with van der Waals surface area (Å²) in [6, 6.07) is 22.8. The van der Waals surface area contributed by atoms with Gasteiger partial charge in [-0.1, -0.05) is 54.1 Å². The van der Waals surface area contributed by atoms with Gasteiger partial charge in [0.1, 0.15) is 0 Å². The van der Waals surface area contributed by atoms with E-state index < -0.39 is 10.8 Å². The summed E-state index contributed by atoms with van der Waals surface area (Å²) in [5.41, 5.74) is 2.85. The number of nitrogens with zero attached hydrogens (tertiary/aromatic N) is 4. The van der Waals surface area contributed by atoms with Crippen LogP contribution in [-0.2, 0) is 0 Å². The molecule has 30 heavy (non-hydrogen) atoms. The summed E-state index contributed by atoms with van der Waals surface area (Å²) in [4.78, 5) is 27.6. The second-order valence-electron chi connectivity index (χ2n) is 6.63. The Morgan fingerprint density at radius 2 is 1.73 bits per heavy atom. The Morgan fingerprint density at radius 3 is 2.43 bits per heavy atom. The molecule has 1 N–H and O–H groups in total. The Kier molecular flexibility index (Phi) is 5.04. The molecule has 0 aliphatic heterocycles. The van der Waals surface area contributed by atoms with Crippen LogP contribution in [0.4, 0.5) is 11.4 Å². The van der Waals surface area contributed by atoms with Crippen LogP contribution in [0.1, 0.15) is 16.2 Å². The predicted molar refractivity (Wildman–Crippen MR) is 113 cm³/mol. The van der Waals surface area contributed by atoms with Crippen molar-refractivity contribution >= 4 is 17.3 Å². The van der Waals surface area contributed by atoms with Gasteiger partial charge in [-0.2, -0.15) is 0 Å². The van der Waals surface area contributed by atoms with Crippen molar-refractivity contribution < 1.29 is 9.72 Å². The summed E-state index contributed by atoms with van der Waals surface area (Å²) < 4.78 is 1.61. The zero-order valence-electron chi connectivity index (χ0n) is 16.0. The molecule has 0 aliphatic carbocycles. The van der Waals surface area contributed by atoms with E-state index in [1.807, 2.05) is 61.5 Å². The number of aryl methyl sites for hydroxylation is 1. The number of amides is 1. The van der Waals surface area contributed by atoms with Crippen LogP contribution in [0.2, 0.25) is 0 Å². The Hall–Kier alpha value is -4.33. The second-order valence-corrected chi connectivity index (χ2v) is 6.63. The molecule has 0 aliphatic rings. The maximum atomic E-state index is 12.8. The lowest BCUT2D eigenvalue weighted by Gasteiger charge is -2.06. The summed E-state index contributed by atoms with van der Waals surface area (Å²) in [6.45, 7) is 1.99. The minimum atomic E-state index is -0.557. The second kappa shape index (κ2) is 7.96. The highest BCUT2D eigenvalue weighted by Gasteiger charge is 2.19. The SMILES string of the molecule is Cc1ccc(-n2nc(C(=O)Nc3cccc([N+](=O)[O-])c3)nc2-c2ccccc2)cc1. The molecule has 1 heterocycles. The standard InChI is InChI=1S/C22H17N5O3/c1-15-10-12-18(13-11-15)26-21(16-6-3-2-4-7-16)24-20(25-26)22(28)23-17-8-5-9-19(14-17)27(29)30/h2-14H,1H3,(H,23,28). The Labute approximate surface area is 172 Å². The molecule has 148 valence electrons. The number of benzene rings is 3. The number of hydrogen-bond donors (Lipinski definition) is 1.